The molecule has 1 aromatic rings. The lowest BCUT2D eigenvalue weighted by Crippen LogP contribution is -2.43. The first-order chi connectivity index (χ1) is 8.40. The highest BCUT2D eigenvalue weighted by Gasteiger charge is 2.35. The van der Waals surface area contributed by atoms with Crippen LogP contribution in [0.2, 0.25) is 0 Å². The van der Waals surface area contributed by atoms with E-state index in [4.69, 9.17) is 15.7 Å². The molecular weight excluding hydrogens is 245 g/mol. The van der Waals surface area contributed by atoms with E-state index in [2.05, 4.69) is 0 Å². The fraction of sp³-hybridized carbons (Fsp3) is 0.417. The van der Waals surface area contributed by atoms with Crippen LogP contribution in [0.15, 0.2) is 18.2 Å². The average molecular weight is 256 g/mol. The quantitative estimate of drug-likeness (QED) is 0.884. The molecule has 0 spiro atoms. The molecule has 0 radical (unpaired) electrons. The van der Waals surface area contributed by atoms with Gasteiger partial charge in [0.25, 0.3) is 0 Å². The topological polar surface area (TPSA) is 59.0 Å². The molecule has 1 aliphatic rings. The van der Waals surface area contributed by atoms with E-state index in [1.807, 2.05) is 0 Å². The SMILES string of the molecule is N#Cc1ccc(O[C@H]2C[C@H](N)C2)cc1C(F)(F)F. The van der Waals surface area contributed by atoms with Gasteiger partial charge in [-0.15, -0.1) is 0 Å². The van der Waals surface area contributed by atoms with Gasteiger partial charge in [-0.05, 0) is 31.0 Å². The summed E-state index contributed by atoms with van der Waals surface area (Å²) in [6, 6.07) is 4.95. The molecule has 96 valence electrons. The molecule has 6 heteroatoms. The van der Waals surface area contributed by atoms with Crippen LogP contribution in [0, 0.1) is 11.3 Å². The lowest BCUT2D eigenvalue weighted by molar-refractivity contribution is -0.138. The largest absolute Gasteiger partial charge is 0.490 e. The molecule has 0 saturated heterocycles. The van der Waals surface area contributed by atoms with E-state index >= 15 is 0 Å². The number of hydrogen-bond acceptors (Lipinski definition) is 3. The number of alkyl halides is 3. The number of hydrogen-bond donors (Lipinski definition) is 1. The highest BCUT2D eigenvalue weighted by atomic mass is 19.4. The van der Waals surface area contributed by atoms with Crippen LogP contribution in [0.1, 0.15) is 24.0 Å². The zero-order valence-corrected chi connectivity index (χ0v) is 9.37. The number of ether oxygens (including phenoxy) is 1. The Bertz CT molecular complexity index is 487. The van der Waals surface area contributed by atoms with Gasteiger partial charge in [-0.2, -0.15) is 18.4 Å². The first-order valence-corrected chi connectivity index (χ1v) is 5.43. The minimum atomic E-state index is -4.56. The Morgan fingerprint density at radius 2 is 2.00 bits per heavy atom. The Balaban J connectivity index is 2.21. The number of benzene rings is 1. The van der Waals surface area contributed by atoms with E-state index in [-0.39, 0.29) is 17.9 Å². The summed E-state index contributed by atoms with van der Waals surface area (Å²) in [6.45, 7) is 0. The van der Waals surface area contributed by atoms with Crippen LogP contribution in [0.25, 0.3) is 0 Å². The minimum absolute atomic E-state index is 0.0652. The smallest absolute Gasteiger partial charge is 0.417 e. The van der Waals surface area contributed by atoms with Gasteiger partial charge in [-0.3, -0.25) is 0 Å². The molecule has 3 nitrogen and oxygen atoms in total. The van der Waals surface area contributed by atoms with Crippen LogP contribution in [0.5, 0.6) is 5.75 Å². The van der Waals surface area contributed by atoms with E-state index in [1.54, 1.807) is 0 Å². The van der Waals surface area contributed by atoms with Crippen LogP contribution in [0.4, 0.5) is 13.2 Å². The average Bonchev–Trinajstić information content (AvgIpc) is 2.26. The Hall–Kier alpha value is -1.74. The standard InChI is InChI=1S/C12H11F3N2O/c13-12(14,15)11-5-9(2-1-7(11)6-16)18-10-3-8(17)4-10/h1-2,5,8,10H,3-4,17H2/t8-,10-. The van der Waals surface area contributed by atoms with Crippen molar-refractivity contribution in [3.05, 3.63) is 29.3 Å². The number of nitrogens with zero attached hydrogens (tertiary/aromatic N) is 1. The summed E-state index contributed by atoms with van der Waals surface area (Å²) in [4.78, 5) is 0. The normalized spacial score (nSPS) is 23.1. The van der Waals surface area contributed by atoms with Gasteiger partial charge in [0.2, 0.25) is 0 Å². The van der Waals surface area contributed by atoms with Crippen molar-refractivity contribution in [2.24, 2.45) is 5.73 Å². The van der Waals surface area contributed by atoms with Crippen LogP contribution in [-0.4, -0.2) is 12.1 Å². The van der Waals surface area contributed by atoms with Crippen molar-refractivity contribution >= 4 is 0 Å². The summed E-state index contributed by atoms with van der Waals surface area (Å²) in [5.74, 6) is 0.123. The molecule has 0 heterocycles. The minimum Gasteiger partial charge on any atom is -0.490 e. The molecule has 18 heavy (non-hydrogen) atoms. The van der Waals surface area contributed by atoms with Crippen molar-refractivity contribution in [3.8, 4) is 11.8 Å². The molecule has 1 fully saturated rings. The second-order valence-corrected chi connectivity index (χ2v) is 4.29. The van der Waals surface area contributed by atoms with Crippen molar-refractivity contribution in [2.45, 2.75) is 31.2 Å². The van der Waals surface area contributed by atoms with E-state index in [1.165, 1.54) is 12.1 Å². The Kier molecular flexibility index (Phi) is 3.18. The molecular formula is C12H11F3N2O. The van der Waals surface area contributed by atoms with Crippen LogP contribution in [0.3, 0.4) is 0 Å². The third kappa shape index (κ3) is 2.57. The van der Waals surface area contributed by atoms with Gasteiger partial charge in [0.1, 0.15) is 11.9 Å². The number of nitrogens with two attached hydrogens (primary N) is 1. The third-order valence-corrected chi connectivity index (χ3v) is 2.85. The van der Waals surface area contributed by atoms with Crippen molar-refractivity contribution < 1.29 is 17.9 Å². The Morgan fingerprint density at radius 3 is 2.50 bits per heavy atom. The van der Waals surface area contributed by atoms with Crippen molar-refractivity contribution in [3.63, 3.8) is 0 Å². The molecule has 0 bridgehead atoms. The molecule has 0 amide bonds. The van der Waals surface area contributed by atoms with Crippen molar-refractivity contribution in [1.29, 1.82) is 5.26 Å². The summed E-state index contributed by atoms with van der Waals surface area (Å²) < 4.78 is 43.4. The zero-order chi connectivity index (χ0) is 13.3. The fourth-order valence-corrected chi connectivity index (χ4v) is 1.82. The molecule has 1 aliphatic carbocycles. The summed E-state index contributed by atoms with van der Waals surface area (Å²) in [7, 11) is 0. The lowest BCUT2D eigenvalue weighted by atomic mass is 9.90. The van der Waals surface area contributed by atoms with Gasteiger partial charge < -0.3 is 10.5 Å². The molecule has 0 atom stereocenters. The molecule has 2 N–H and O–H groups in total. The summed E-state index contributed by atoms with van der Waals surface area (Å²) >= 11 is 0. The van der Waals surface area contributed by atoms with Gasteiger partial charge in [0, 0.05) is 6.04 Å². The van der Waals surface area contributed by atoms with Gasteiger partial charge in [-0.1, -0.05) is 0 Å². The number of rotatable bonds is 2. The summed E-state index contributed by atoms with van der Waals surface area (Å²) in [5, 5.41) is 8.64. The fourth-order valence-electron chi connectivity index (χ4n) is 1.82. The lowest BCUT2D eigenvalue weighted by Gasteiger charge is -2.32. The number of halogens is 3. The van der Waals surface area contributed by atoms with Crippen LogP contribution < -0.4 is 10.5 Å². The van der Waals surface area contributed by atoms with Gasteiger partial charge in [0.05, 0.1) is 17.2 Å². The predicted molar refractivity (Wildman–Crippen MR) is 57.8 cm³/mol. The first-order valence-electron chi connectivity index (χ1n) is 5.43. The van der Waals surface area contributed by atoms with E-state index in [9.17, 15) is 13.2 Å². The molecule has 0 unspecified atom stereocenters. The molecule has 0 aliphatic heterocycles. The van der Waals surface area contributed by atoms with Gasteiger partial charge in [-0.25, -0.2) is 0 Å². The van der Waals surface area contributed by atoms with Crippen molar-refractivity contribution in [1.82, 2.24) is 0 Å². The second kappa shape index (κ2) is 4.50. The maximum Gasteiger partial charge on any atom is 0.417 e. The van der Waals surface area contributed by atoms with Gasteiger partial charge in [0.15, 0.2) is 0 Å². The highest BCUT2D eigenvalue weighted by Crippen LogP contribution is 2.35. The van der Waals surface area contributed by atoms with E-state index < -0.39 is 17.3 Å². The molecule has 1 saturated carbocycles. The van der Waals surface area contributed by atoms with E-state index in [0.717, 1.165) is 12.1 Å². The predicted octanol–water partition coefficient (Wildman–Crippen LogP) is 2.45. The zero-order valence-electron chi connectivity index (χ0n) is 9.37. The van der Waals surface area contributed by atoms with Gasteiger partial charge >= 0.3 is 6.18 Å². The monoisotopic (exact) mass is 256 g/mol. The van der Waals surface area contributed by atoms with Crippen molar-refractivity contribution in [2.75, 3.05) is 0 Å². The Labute approximate surface area is 102 Å². The molecule has 1 aromatic carbocycles. The second-order valence-electron chi connectivity index (χ2n) is 4.29. The van der Waals surface area contributed by atoms with Crippen LogP contribution >= 0.6 is 0 Å². The summed E-state index contributed by atoms with van der Waals surface area (Å²) in [6.07, 6.45) is -3.41. The summed E-state index contributed by atoms with van der Waals surface area (Å²) in [5.41, 5.74) is 4.20. The van der Waals surface area contributed by atoms with Crippen LogP contribution in [-0.2, 0) is 6.18 Å². The maximum absolute atomic E-state index is 12.7. The Morgan fingerprint density at radius 1 is 1.33 bits per heavy atom. The maximum atomic E-state index is 12.7. The van der Waals surface area contributed by atoms with E-state index in [0.29, 0.717) is 12.8 Å². The molecule has 2 rings (SSSR count). The highest BCUT2D eigenvalue weighted by molar-refractivity contribution is 5.44. The number of nitriles is 1. The third-order valence-electron chi connectivity index (χ3n) is 2.85. The molecule has 0 aromatic heterocycles. The first kappa shape index (κ1) is 12.7.